The first-order valence-electron chi connectivity index (χ1n) is 8.20. The summed E-state index contributed by atoms with van der Waals surface area (Å²) in [5, 5.41) is 7.80. The second kappa shape index (κ2) is 5.31. The first-order chi connectivity index (χ1) is 12.3. The van der Waals surface area contributed by atoms with Crippen molar-refractivity contribution in [1.29, 1.82) is 0 Å². The third-order valence-electron chi connectivity index (χ3n) is 4.33. The minimum absolute atomic E-state index is 0.596. The lowest BCUT2D eigenvalue weighted by Gasteiger charge is -2.10. The smallest absolute Gasteiger partial charge is 0.230 e. The first-order valence-corrected chi connectivity index (χ1v) is 8.20. The van der Waals surface area contributed by atoms with Crippen molar-refractivity contribution >= 4 is 27.3 Å². The van der Waals surface area contributed by atoms with Gasteiger partial charge < -0.3 is 4.74 Å². The molecule has 0 N–H and O–H groups in total. The molecular formula is C21H15N3O. The highest BCUT2D eigenvalue weighted by Gasteiger charge is 2.12. The number of rotatable bonds is 2. The molecule has 4 heteroatoms. The number of hydrogen-bond donors (Lipinski definition) is 0. The summed E-state index contributed by atoms with van der Waals surface area (Å²) >= 11 is 0. The van der Waals surface area contributed by atoms with E-state index in [1.54, 1.807) is 0 Å². The summed E-state index contributed by atoms with van der Waals surface area (Å²) in [7, 11) is 0. The third kappa shape index (κ3) is 2.31. The molecule has 0 amide bonds. The summed E-state index contributed by atoms with van der Waals surface area (Å²) in [6.45, 7) is 1.97. The van der Waals surface area contributed by atoms with Crippen LogP contribution in [0.3, 0.4) is 0 Å². The van der Waals surface area contributed by atoms with Gasteiger partial charge >= 0.3 is 0 Å². The van der Waals surface area contributed by atoms with Gasteiger partial charge in [0.25, 0.3) is 0 Å². The van der Waals surface area contributed by atoms with E-state index in [1.165, 1.54) is 5.39 Å². The van der Waals surface area contributed by atoms with E-state index in [1.807, 2.05) is 66.0 Å². The van der Waals surface area contributed by atoms with Gasteiger partial charge in [-0.2, -0.15) is 10.1 Å². The fraction of sp³-hybridized carbons (Fsp3) is 0.0476. The fourth-order valence-electron chi connectivity index (χ4n) is 3.17. The van der Waals surface area contributed by atoms with Crippen LogP contribution in [0.1, 0.15) is 5.69 Å². The Morgan fingerprint density at radius 1 is 0.840 bits per heavy atom. The van der Waals surface area contributed by atoms with Crippen LogP contribution >= 0.6 is 0 Å². The van der Waals surface area contributed by atoms with Gasteiger partial charge in [0.1, 0.15) is 5.75 Å². The minimum atomic E-state index is 0.596. The highest BCUT2D eigenvalue weighted by Crippen LogP contribution is 2.30. The zero-order chi connectivity index (χ0) is 16.8. The Hall–Kier alpha value is -3.40. The number of hydrogen-bond acceptors (Lipinski definition) is 3. The van der Waals surface area contributed by atoms with Crippen molar-refractivity contribution in [2.45, 2.75) is 6.92 Å². The van der Waals surface area contributed by atoms with Crippen LogP contribution in [0.25, 0.3) is 27.3 Å². The van der Waals surface area contributed by atoms with E-state index in [2.05, 4.69) is 28.3 Å². The molecule has 0 atom stereocenters. The number of nitrogens with zero attached hydrogens (tertiary/aromatic N) is 3. The van der Waals surface area contributed by atoms with E-state index >= 15 is 0 Å². The van der Waals surface area contributed by atoms with Crippen LogP contribution in [-0.4, -0.2) is 14.6 Å². The highest BCUT2D eigenvalue weighted by atomic mass is 16.5. The van der Waals surface area contributed by atoms with E-state index < -0.39 is 0 Å². The zero-order valence-corrected chi connectivity index (χ0v) is 13.7. The molecule has 5 aromatic rings. The molecule has 0 aliphatic heterocycles. The molecule has 0 fully saturated rings. The van der Waals surface area contributed by atoms with E-state index in [9.17, 15) is 0 Å². The van der Waals surface area contributed by atoms with Gasteiger partial charge in [0.15, 0.2) is 5.65 Å². The van der Waals surface area contributed by atoms with Crippen molar-refractivity contribution in [2.24, 2.45) is 0 Å². The molecule has 0 aliphatic rings. The second-order valence-electron chi connectivity index (χ2n) is 6.10. The van der Waals surface area contributed by atoms with Gasteiger partial charge in [0.05, 0.1) is 16.6 Å². The molecule has 3 aromatic carbocycles. The Bertz CT molecular complexity index is 1240. The molecule has 2 aromatic heterocycles. The monoisotopic (exact) mass is 325 g/mol. The van der Waals surface area contributed by atoms with E-state index in [0.717, 1.165) is 33.4 Å². The van der Waals surface area contributed by atoms with Crippen LogP contribution < -0.4 is 4.74 Å². The number of para-hydroxylation sites is 1. The Kier molecular flexibility index (Phi) is 2.97. The van der Waals surface area contributed by atoms with Crippen molar-refractivity contribution in [2.75, 3.05) is 0 Å². The molecule has 0 unspecified atom stereocenters. The Labute approximate surface area is 144 Å². The Morgan fingerprint density at radius 3 is 2.56 bits per heavy atom. The molecule has 2 heterocycles. The van der Waals surface area contributed by atoms with Gasteiger partial charge in [-0.05, 0) is 42.0 Å². The molecule has 0 radical (unpaired) electrons. The predicted octanol–water partition coefficient (Wildman–Crippen LogP) is 5.14. The first kappa shape index (κ1) is 14.0. The maximum Gasteiger partial charge on any atom is 0.230 e. The summed E-state index contributed by atoms with van der Waals surface area (Å²) < 4.78 is 8.02. The third-order valence-corrected chi connectivity index (χ3v) is 4.33. The topological polar surface area (TPSA) is 39.4 Å². The second-order valence-corrected chi connectivity index (χ2v) is 6.10. The number of aryl methyl sites for hydroxylation is 1. The molecular weight excluding hydrogens is 310 g/mol. The number of fused-ring (bicyclic) bond motifs is 4. The summed E-state index contributed by atoms with van der Waals surface area (Å²) in [5.41, 5.74) is 2.70. The average Bonchev–Trinajstić information content (AvgIpc) is 3.02. The molecule has 0 spiro atoms. The summed E-state index contributed by atoms with van der Waals surface area (Å²) in [4.78, 5) is 4.68. The van der Waals surface area contributed by atoms with Gasteiger partial charge in [0, 0.05) is 6.07 Å². The zero-order valence-electron chi connectivity index (χ0n) is 13.7. The maximum absolute atomic E-state index is 6.16. The number of ether oxygens (including phenoxy) is 1. The molecule has 5 rings (SSSR count). The van der Waals surface area contributed by atoms with E-state index in [-0.39, 0.29) is 0 Å². The van der Waals surface area contributed by atoms with Crippen molar-refractivity contribution in [1.82, 2.24) is 14.6 Å². The van der Waals surface area contributed by atoms with Gasteiger partial charge in [-0.1, -0.05) is 42.5 Å². The van der Waals surface area contributed by atoms with E-state index in [0.29, 0.717) is 5.88 Å². The average molecular weight is 325 g/mol. The normalized spacial score (nSPS) is 11.4. The number of benzene rings is 3. The molecule has 0 saturated carbocycles. The van der Waals surface area contributed by atoms with Crippen LogP contribution in [0.2, 0.25) is 0 Å². The molecule has 0 bridgehead atoms. The van der Waals surface area contributed by atoms with Crippen molar-refractivity contribution in [3.63, 3.8) is 0 Å². The van der Waals surface area contributed by atoms with Crippen LogP contribution in [0, 0.1) is 6.92 Å². The lowest BCUT2D eigenvalue weighted by Crippen LogP contribution is -1.97. The molecule has 0 aliphatic carbocycles. The van der Waals surface area contributed by atoms with Gasteiger partial charge in [0.2, 0.25) is 5.88 Å². The van der Waals surface area contributed by atoms with Crippen LogP contribution in [0.15, 0.2) is 72.8 Å². The lowest BCUT2D eigenvalue weighted by molar-refractivity contribution is 0.470. The van der Waals surface area contributed by atoms with Crippen molar-refractivity contribution in [3.8, 4) is 11.6 Å². The van der Waals surface area contributed by atoms with Gasteiger partial charge in [-0.3, -0.25) is 0 Å². The standard InChI is InChI=1S/C21H15N3O/c1-14-12-20-22-21(18-8-4-5-9-19(18)24(20)23-14)25-17-11-10-15-6-2-3-7-16(15)13-17/h2-13H,1H3. The Morgan fingerprint density at radius 2 is 1.64 bits per heavy atom. The van der Waals surface area contributed by atoms with Crippen molar-refractivity contribution < 1.29 is 4.74 Å². The van der Waals surface area contributed by atoms with E-state index in [4.69, 9.17) is 4.74 Å². The number of aromatic nitrogens is 3. The van der Waals surface area contributed by atoms with Gasteiger partial charge in [-0.15, -0.1) is 0 Å². The van der Waals surface area contributed by atoms with Crippen LogP contribution in [0.4, 0.5) is 0 Å². The quantitative estimate of drug-likeness (QED) is 0.451. The minimum Gasteiger partial charge on any atom is -0.438 e. The lowest BCUT2D eigenvalue weighted by atomic mass is 10.1. The summed E-state index contributed by atoms with van der Waals surface area (Å²) in [6, 6.07) is 24.3. The Balaban J connectivity index is 1.70. The predicted molar refractivity (Wildman–Crippen MR) is 99.3 cm³/mol. The van der Waals surface area contributed by atoms with Crippen molar-refractivity contribution in [3.05, 3.63) is 78.5 Å². The summed E-state index contributed by atoms with van der Waals surface area (Å²) in [5.74, 6) is 1.37. The maximum atomic E-state index is 6.16. The fourth-order valence-corrected chi connectivity index (χ4v) is 3.17. The van der Waals surface area contributed by atoms with Gasteiger partial charge in [-0.25, -0.2) is 4.52 Å². The molecule has 4 nitrogen and oxygen atoms in total. The summed E-state index contributed by atoms with van der Waals surface area (Å²) in [6.07, 6.45) is 0. The molecule has 25 heavy (non-hydrogen) atoms. The highest BCUT2D eigenvalue weighted by molar-refractivity contribution is 5.87. The van der Waals surface area contributed by atoms with Crippen LogP contribution in [0.5, 0.6) is 11.6 Å². The largest absolute Gasteiger partial charge is 0.438 e. The molecule has 0 saturated heterocycles. The SMILES string of the molecule is Cc1cc2nc(Oc3ccc4ccccc4c3)c3ccccc3n2n1. The molecule has 120 valence electrons. The van der Waals surface area contributed by atoms with Crippen LogP contribution in [-0.2, 0) is 0 Å².